The van der Waals surface area contributed by atoms with Gasteiger partial charge in [-0.15, -0.1) is 0 Å². The summed E-state index contributed by atoms with van der Waals surface area (Å²) in [5.74, 6) is 7.83. The van der Waals surface area contributed by atoms with Crippen LogP contribution in [-0.4, -0.2) is 29.8 Å². The van der Waals surface area contributed by atoms with Gasteiger partial charge in [-0.05, 0) is 56.4 Å². The number of hydrogen-bond acceptors (Lipinski definition) is 3. The van der Waals surface area contributed by atoms with Crippen LogP contribution in [0.3, 0.4) is 0 Å². The summed E-state index contributed by atoms with van der Waals surface area (Å²) in [6, 6.07) is 7.56. The zero-order chi connectivity index (χ0) is 20.0. The second kappa shape index (κ2) is 9.47. The molecule has 2 aliphatic rings. The maximum atomic E-state index is 12.1. The van der Waals surface area contributed by atoms with Crippen molar-refractivity contribution in [2.45, 2.75) is 70.8 Å². The van der Waals surface area contributed by atoms with E-state index in [4.69, 9.17) is 4.74 Å². The Hall–Kier alpha value is -1.99. The third kappa shape index (κ3) is 5.75. The first-order chi connectivity index (χ1) is 13.4. The highest BCUT2D eigenvalue weighted by Crippen LogP contribution is 2.31. The molecule has 152 valence electrons. The lowest BCUT2D eigenvalue weighted by Crippen LogP contribution is -2.25. The molecule has 2 unspecified atom stereocenters. The predicted molar refractivity (Wildman–Crippen MR) is 112 cm³/mol. The Morgan fingerprint density at radius 1 is 1.21 bits per heavy atom. The van der Waals surface area contributed by atoms with Crippen molar-refractivity contribution in [1.29, 1.82) is 0 Å². The molecule has 1 saturated carbocycles. The van der Waals surface area contributed by atoms with Gasteiger partial charge in [-0.3, -0.25) is 4.79 Å². The molecule has 4 heteroatoms. The van der Waals surface area contributed by atoms with Gasteiger partial charge < -0.3 is 14.7 Å². The molecule has 1 aromatic carbocycles. The van der Waals surface area contributed by atoms with E-state index >= 15 is 0 Å². The van der Waals surface area contributed by atoms with Gasteiger partial charge in [0, 0.05) is 18.2 Å². The van der Waals surface area contributed by atoms with Crippen molar-refractivity contribution < 1.29 is 14.6 Å². The van der Waals surface area contributed by atoms with Crippen LogP contribution in [0.4, 0.5) is 5.69 Å². The minimum Gasteiger partial charge on any atom is -0.481 e. The van der Waals surface area contributed by atoms with Gasteiger partial charge in [0.25, 0.3) is 0 Å². The van der Waals surface area contributed by atoms with Crippen LogP contribution in [0, 0.1) is 23.7 Å². The van der Waals surface area contributed by atoms with Crippen LogP contribution in [-0.2, 0) is 4.79 Å². The third-order valence-electron chi connectivity index (χ3n) is 6.04. The smallest absolute Gasteiger partial charge is 0.229 e. The SMILES string of the molecule is CC1CCN(c2ccc(OCC#CC(C)(O)CCCCC3CCC3)cc2)C1=O. The Morgan fingerprint density at radius 3 is 2.57 bits per heavy atom. The molecule has 3 rings (SSSR count). The number of nitrogens with zero attached hydrogens (tertiary/aromatic N) is 1. The normalized spacial score (nSPS) is 21.6. The molecule has 1 heterocycles. The first kappa shape index (κ1) is 20.7. The molecule has 0 spiro atoms. The molecule has 1 aliphatic heterocycles. The standard InChI is InChI=1S/C24H33NO3/c1-19-14-17-25(23(19)26)21-10-12-22(13-11-21)28-18-6-16-24(2,27)15-4-3-7-20-8-5-9-20/h10-13,19-20,27H,3-5,7-9,14-15,17-18H2,1-2H3. The van der Waals surface area contributed by atoms with E-state index in [1.807, 2.05) is 36.1 Å². The van der Waals surface area contributed by atoms with Gasteiger partial charge in [0.15, 0.2) is 0 Å². The van der Waals surface area contributed by atoms with Crippen molar-refractivity contribution in [3.63, 3.8) is 0 Å². The molecule has 2 atom stereocenters. The topological polar surface area (TPSA) is 49.8 Å². The number of aliphatic hydroxyl groups is 1. The summed E-state index contributed by atoms with van der Waals surface area (Å²) in [5, 5.41) is 10.4. The van der Waals surface area contributed by atoms with Gasteiger partial charge in [-0.2, -0.15) is 0 Å². The van der Waals surface area contributed by atoms with Gasteiger partial charge in [0.05, 0.1) is 0 Å². The van der Waals surface area contributed by atoms with Crippen molar-refractivity contribution in [3.8, 4) is 17.6 Å². The van der Waals surface area contributed by atoms with E-state index < -0.39 is 5.60 Å². The fourth-order valence-corrected chi connectivity index (χ4v) is 3.89. The van der Waals surface area contributed by atoms with Gasteiger partial charge in [-0.1, -0.05) is 50.9 Å². The molecule has 1 amide bonds. The van der Waals surface area contributed by atoms with E-state index in [1.54, 1.807) is 6.92 Å². The molecule has 1 aliphatic carbocycles. The van der Waals surface area contributed by atoms with Crippen LogP contribution in [0.15, 0.2) is 24.3 Å². The zero-order valence-corrected chi connectivity index (χ0v) is 17.2. The summed E-state index contributed by atoms with van der Waals surface area (Å²) < 4.78 is 5.66. The van der Waals surface area contributed by atoms with E-state index in [-0.39, 0.29) is 18.4 Å². The van der Waals surface area contributed by atoms with E-state index in [0.717, 1.165) is 36.7 Å². The Morgan fingerprint density at radius 2 is 1.96 bits per heavy atom. The number of carbonyl (C=O) groups is 1. The van der Waals surface area contributed by atoms with Crippen LogP contribution < -0.4 is 9.64 Å². The molecule has 4 nitrogen and oxygen atoms in total. The Balaban J connectivity index is 1.38. The number of rotatable bonds is 8. The van der Waals surface area contributed by atoms with Crippen LogP contribution in [0.5, 0.6) is 5.75 Å². The zero-order valence-electron chi connectivity index (χ0n) is 17.2. The lowest BCUT2D eigenvalue weighted by Gasteiger charge is -2.25. The maximum absolute atomic E-state index is 12.1. The van der Waals surface area contributed by atoms with Crippen LogP contribution >= 0.6 is 0 Å². The summed E-state index contributed by atoms with van der Waals surface area (Å²) in [6.07, 6.45) is 9.30. The van der Waals surface area contributed by atoms with Gasteiger partial charge >= 0.3 is 0 Å². The average Bonchev–Trinajstić information content (AvgIpc) is 2.97. The van der Waals surface area contributed by atoms with Crippen molar-refractivity contribution in [3.05, 3.63) is 24.3 Å². The van der Waals surface area contributed by atoms with Crippen molar-refractivity contribution in [2.24, 2.45) is 11.8 Å². The molecule has 0 aromatic heterocycles. The third-order valence-corrected chi connectivity index (χ3v) is 6.04. The van der Waals surface area contributed by atoms with E-state index in [2.05, 4.69) is 11.8 Å². The van der Waals surface area contributed by atoms with E-state index in [1.165, 1.54) is 32.1 Å². The monoisotopic (exact) mass is 383 g/mol. The number of benzene rings is 1. The minimum absolute atomic E-state index is 0.109. The van der Waals surface area contributed by atoms with Crippen molar-refractivity contribution in [2.75, 3.05) is 18.1 Å². The van der Waals surface area contributed by atoms with Crippen LogP contribution in [0.25, 0.3) is 0 Å². The van der Waals surface area contributed by atoms with Crippen LogP contribution in [0.1, 0.15) is 65.2 Å². The van der Waals surface area contributed by atoms with E-state index in [0.29, 0.717) is 6.42 Å². The van der Waals surface area contributed by atoms with E-state index in [9.17, 15) is 9.90 Å². The Kier molecular flexibility index (Phi) is 7.02. The molecule has 0 radical (unpaired) electrons. The maximum Gasteiger partial charge on any atom is 0.229 e. The number of unbranched alkanes of at least 4 members (excludes halogenated alkanes) is 1. The quantitative estimate of drug-likeness (QED) is 0.529. The molecule has 2 fully saturated rings. The molecule has 28 heavy (non-hydrogen) atoms. The number of ether oxygens (including phenoxy) is 1. The minimum atomic E-state index is -0.945. The number of amides is 1. The fourth-order valence-electron chi connectivity index (χ4n) is 3.89. The van der Waals surface area contributed by atoms with Crippen molar-refractivity contribution >= 4 is 11.6 Å². The Bertz CT molecular complexity index is 710. The van der Waals surface area contributed by atoms with Crippen molar-refractivity contribution in [1.82, 2.24) is 0 Å². The summed E-state index contributed by atoms with van der Waals surface area (Å²) in [4.78, 5) is 13.9. The van der Waals surface area contributed by atoms with Gasteiger partial charge in [-0.25, -0.2) is 0 Å². The lowest BCUT2D eigenvalue weighted by molar-refractivity contribution is -0.119. The predicted octanol–water partition coefficient (Wildman–Crippen LogP) is 4.55. The summed E-state index contributed by atoms with van der Waals surface area (Å²) in [5.41, 5.74) is -0.0303. The molecule has 0 bridgehead atoms. The highest BCUT2D eigenvalue weighted by Gasteiger charge is 2.28. The highest BCUT2D eigenvalue weighted by molar-refractivity contribution is 5.96. The van der Waals surface area contributed by atoms with Gasteiger partial charge in [0.2, 0.25) is 5.91 Å². The lowest BCUT2D eigenvalue weighted by atomic mass is 9.81. The number of carbonyl (C=O) groups excluding carboxylic acids is 1. The summed E-state index contributed by atoms with van der Waals surface area (Å²) in [6.45, 7) is 4.78. The Labute approximate surface area is 169 Å². The number of hydrogen-bond donors (Lipinski definition) is 1. The largest absolute Gasteiger partial charge is 0.481 e. The molecular formula is C24H33NO3. The molecule has 1 aromatic rings. The average molecular weight is 384 g/mol. The number of anilines is 1. The second-order valence-corrected chi connectivity index (χ2v) is 8.58. The first-order valence-electron chi connectivity index (χ1n) is 10.7. The highest BCUT2D eigenvalue weighted by atomic mass is 16.5. The molecule has 1 N–H and O–H groups in total. The molecule has 1 saturated heterocycles. The first-order valence-corrected chi connectivity index (χ1v) is 10.7. The van der Waals surface area contributed by atoms with Gasteiger partial charge in [0.1, 0.15) is 18.0 Å². The second-order valence-electron chi connectivity index (χ2n) is 8.58. The summed E-state index contributed by atoms with van der Waals surface area (Å²) in [7, 11) is 0. The summed E-state index contributed by atoms with van der Waals surface area (Å²) >= 11 is 0. The molecular weight excluding hydrogens is 350 g/mol. The fraction of sp³-hybridized carbons (Fsp3) is 0.625. The van der Waals surface area contributed by atoms with Crippen LogP contribution in [0.2, 0.25) is 0 Å².